The molecule has 0 aliphatic carbocycles. The van der Waals surface area contributed by atoms with Crippen molar-refractivity contribution in [3.63, 3.8) is 0 Å². The van der Waals surface area contributed by atoms with Crippen molar-refractivity contribution in [1.82, 2.24) is 14.9 Å². The lowest BCUT2D eigenvalue weighted by atomic mass is 10.2. The standard InChI is InChI=1S/C32H31FN4O6S/c1-32(2,3)43-31(39)37(17-19-9-7-6-8-10-19)18-29(38)36-30-35-23-14-21(33)25(16-28(23)44-30)42-24-11-12-34-22-15-27(41-5)26(40-4)13-20(22)24/h6-16H,17-18H2,1-5H3,(H,35,36,38). The number of halogens is 1. The predicted octanol–water partition coefficient (Wildman–Crippen LogP) is 7.17. The Bertz CT molecular complexity index is 1820. The van der Waals surface area contributed by atoms with E-state index in [-0.39, 0.29) is 24.0 Å². The Morgan fingerprint density at radius 1 is 0.932 bits per heavy atom. The average Bonchev–Trinajstić information content (AvgIpc) is 3.36. The summed E-state index contributed by atoms with van der Waals surface area (Å²) in [6.45, 7) is 5.18. The number of ether oxygens (including phenoxy) is 4. The number of nitrogens with one attached hydrogen (secondary N) is 1. The zero-order chi connectivity index (χ0) is 31.4. The lowest BCUT2D eigenvalue weighted by molar-refractivity contribution is -0.117. The molecule has 44 heavy (non-hydrogen) atoms. The van der Waals surface area contributed by atoms with Crippen LogP contribution in [0, 0.1) is 5.82 Å². The van der Waals surface area contributed by atoms with Gasteiger partial charge >= 0.3 is 6.09 Å². The second-order valence-corrected chi connectivity index (χ2v) is 11.8. The SMILES string of the molecule is COc1cc2nccc(Oc3cc4sc(NC(=O)CN(Cc5ccccc5)C(=O)OC(C)(C)C)nc4cc3F)c2cc1OC. The van der Waals surface area contributed by atoms with Crippen LogP contribution in [0.1, 0.15) is 26.3 Å². The van der Waals surface area contributed by atoms with Gasteiger partial charge in [0.25, 0.3) is 0 Å². The number of benzene rings is 3. The molecule has 0 radical (unpaired) electrons. The Labute approximate surface area is 257 Å². The topological polar surface area (TPSA) is 112 Å². The molecule has 2 aromatic heterocycles. The zero-order valence-corrected chi connectivity index (χ0v) is 25.7. The third kappa shape index (κ3) is 7.14. The van der Waals surface area contributed by atoms with E-state index < -0.39 is 23.4 Å². The maximum atomic E-state index is 15.2. The first kappa shape index (κ1) is 30.5. The molecule has 228 valence electrons. The second kappa shape index (κ2) is 12.7. The summed E-state index contributed by atoms with van der Waals surface area (Å²) in [4.78, 5) is 36.0. The highest BCUT2D eigenvalue weighted by atomic mass is 32.1. The first-order chi connectivity index (χ1) is 21.0. The van der Waals surface area contributed by atoms with E-state index in [1.165, 1.54) is 31.3 Å². The van der Waals surface area contributed by atoms with Crippen molar-refractivity contribution in [2.45, 2.75) is 32.9 Å². The fraction of sp³-hybridized carbons (Fsp3) is 0.250. The lowest BCUT2D eigenvalue weighted by Crippen LogP contribution is -2.40. The van der Waals surface area contributed by atoms with Crippen LogP contribution in [0.15, 0.2) is 66.9 Å². The molecular formula is C32H31FN4O6S. The Balaban J connectivity index is 1.35. The van der Waals surface area contributed by atoms with Gasteiger partial charge in [-0.1, -0.05) is 41.7 Å². The summed E-state index contributed by atoms with van der Waals surface area (Å²) in [5.74, 6) is 0.213. The predicted molar refractivity (Wildman–Crippen MR) is 166 cm³/mol. The van der Waals surface area contributed by atoms with E-state index in [9.17, 15) is 9.59 Å². The minimum absolute atomic E-state index is 0.0275. The number of amides is 2. The van der Waals surface area contributed by atoms with Gasteiger partial charge in [0.05, 0.1) is 30.0 Å². The molecule has 1 N–H and O–H groups in total. The molecule has 0 aliphatic heterocycles. The Hall–Kier alpha value is -4.97. The van der Waals surface area contributed by atoms with Gasteiger partial charge in [-0.25, -0.2) is 14.2 Å². The number of carbonyl (C=O) groups excluding carboxylic acids is 2. The van der Waals surface area contributed by atoms with E-state index in [1.807, 2.05) is 30.3 Å². The first-order valence-electron chi connectivity index (χ1n) is 13.6. The van der Waals surface area contributed by atoms with Crippen LogP contribution >= 0.6 is 11.3 Å². The fourth-order valence-corrected chi connectivity index (χ4v) is 5.26. The summed E-state index contributed by atoms with van der Waals surface area (Å²) < 4.78 is 38.0. The number of nitrogens with zero attached hydrogens (tertiary/aromatic N) is 3. The van der Waals surface area contributed by atoms with E-state index in [2.05, 4.69) is 15.3 Å². The van der Waals surface area contributed by atoms with Crippen molar-refractivity contribution in [3.8, 4) is 23.0 Å². The summed E-state index contributed by atoms with van der Waals surface area (Å²) in [6, 6.07) is 17.1. The number of carbonyl (C=O) groups is 2. The Morgan fingerprint density at radius 3 is 2.36 bits per heavy atom. The van der Waals surface area contributed by atoms with Crippen LogP contribution in [0.5, 0.6) is 23.0 Å². The van der Waals surface area contributed by atoms with Gasteiger partial charge in [-0.05, 0) is 38.5 Å². The van der Waals surface area contributed by atoms with Crippen LogP contribution in [-0.4, -0.2) is 53.2 Å². The third-order valence-corrected chi connectivity index (χ3v) is 7.25. The van der Waals surface area contributed by atoms with Crippen molar-refractivity contribution in [1.29, 1.82) is 0 Å². The van der Waals surface area contributed by atoms with Gasteiger partial charge in [0, 0.05) is 36.3 Å². The molecule has 0 bridgehead atoms. The van der Waals surface area contributed by atoms with E-state index in [4.69, 9.17) is 18.9 Å². The zero-order valence-electron chi connectivity index (χ0n) is 24.8. The highest BCUT2D eigenvalue weighted by Crippen LogP contribution is 2.39. The molecule has 10 nitrogen and oxygen atoms in total. The molecule has 0 atom stereocenters. The van der Waals surface area contributed by atoms with Crippen LogP contribution in [0.4, 0.5) is 14.3 Å². The summed E-state index contributed by atoms with van der Waals surface area (Å²) in [5.41, 5.74) is 1.03. The molecule has 0 saturated heterocycles. The summed E-state index contributed by atoms with van der Waals surface area (Å²) in [7, 11) is 3.05. The quantitative estimate of drug-likeness (QED) is 0.185. The van der Waals surface area contributed by atoms with Crippen molar-refractivity contribution in [2.24, 2.45) is 0 Å². The molecule has 0 unspecified atom stereocenters. The van der Waals surface area contributed by atoms with Crippen LogP contribution in [0.3, 0.4) is 0 Å². The van der Waals surface area contributed by atoms with Gasteiger partial charge in [0.2, 0.25) is 5.91 Å². The largest absolute Gasteiger partial charge is 0.493 e. The van der Waals surface area contributed by atoms with E-state index in [0.29, 0.717) is 38.4 Å². The maximum absolute atomic E-state index is 15.2. The second-order valence-electron chi connectivity index (χ2n) is 10.8. The molecular weight excluding hydrogens is 587 g/mol. The number of methoxy groups -OCH3 is 2. The van der Waals surface area contributed by atoms with Gasteiger partial charge in [-0.3, -0.25) is 14.7 Å². The number of thiazole rings is 1. The molecule has 5 aromatic rings. The van der Waals surface area contributed by atoms with Crippen LogP contribution in [-0.2, 0) is 16.1 Å². The van der Waals surface area contributed by atoms with E-state index in [1.54, 1.807) is 45.2 Å². The lowest BCUT2D eigenvalue weighted by Gasteiger charge is -2.27. The number of hydrogen-bond acceptors (Lipinski definition) is 9. The smallest absolute Gasteiger partial charge is 0.411 e. The molecule has 0 saturated carbocycles. The van der Waals surface area contributed by atoms with Crippen molar-refractivity contribution < 1.29 is 32.9 Å². The van der Waals surface area contributed by atoms with Crippen molar-refractivity contribution >= 4 is 49.6 Å². The molecule has 5 rings (SSSR count). The van der Waals surface area contributed by atoms with Gasteiger partial charge in [0.15, 0.2) is 28.2 Å². The molecule has 2 amide bonds. The van der Waals surface area contributed by atoms with Gasteiger partial charge in [0.1, 0.15) is 17.9 Å². The summed E-state index contributed by atoms with van der Waals surface area (Å²) >= 11 is 1.15. The maximum Gasteiger partial charge on any atom is 0.411 e. The number of fused-ring (bicyclic) bond motifs is 2. The Kier molecular flexibility index (Phi) is 8.81. The van der Waals surface area contributed by atoms with Gasteiger partial charge < -0.3 is 24.3 Å². The first-order valence-corrected chi connectivity index (χ1v) is 14.4. The number of rotatable bonds is 9. The van der Waals surface area contributed by atoms with E-state index >= 15 is 4.39 Å². The highest BCUT2D eigenvalue weighted by molar-refractivity contribution is 7.22. The van der Waals surface area contributed by atoms with Gasteiger partial charge in [-0.15, -0.1) is 0 Å². The third-order valence-electron chi connectivity index (χ3n) is 6.32. The minimum atomic E-state index is -0.735. The molecule has 0 fully saturated rings. The number of anilines is 1. The Morgan fingerprint density at radius 2 is 1.66 bits per heavy atom. The van der Waals surface area contributed by atoms with Crippen LogP contribution in [0.2, 0.25) is 0 Å². The minimum Gasteiger partial charge on any atom is -0.493 e. The number of pyridine rings is 1. The monoisotopic (exact) mass is 618 g/mol. The fourth-order valence-electron chi connectivity index (χ4n) is 4.36. The summed E-state index contributed by atoms with van der Waals surface area (Å²) in [6.07, 6.45) is 0.933. The normalized spacial score (nSPS) is 11.3. The molecule has 12 heteroatoms. The highest BCUT2D eigenvalue weighted by Gasteiger charge is 2.25. The van der Waals surface area contributed by atoms with Crippen LogP contribution < -0.4 is 19.5 Å². The molecule has 2 heterocycles. The average molecular weight is 619 g/mol. The molecule has 3 aromatic carbocycles. The van der Waals surface area contributed by atoms with Crippen molar-refractivity contribution in [3.05, 3.63) is 78.2 Å². The molecule has 0 spiro atoms. The van der Waals surface area contributed by atoms with E-state index in [0.717, 1.165) is 16.9 Å². The number of hydrogen-bond donors (Lipinski definition) is 1. The number of aromatic nitrogens is 2. The van der Waals surface area contributed by atoms with Gasteiger partial charge in [-0.2, -0.15) is 0 Å². The van der Waals surface area contributed by atoms with Crippen molar-refractivity contribution in [2.75, 3.05) is 26.1 Å². The van der Waals surface area contributed by atoms with Crippen LogP contribution in [0.25, 0.3) is 21.1 Å². The summed E-state index contributed by atoms with van der Waals surface area (Å²) in [5, 5.41) is 3.57. The molecule has 0 aliphatic rings.